The molecule has 0 aliphatic heterocycles. The molecule has 0 atom stereocenters. The standard InChI is InChI=1S/C22H27O3PS/c1-19(2)18-27(26(23,24)25,20-12-6-3-7-13-20,21-14-8-4-9-15-21)22-16-10-5-11-17-22/h3-17,19,23-25H,18H2,1-2H3. The zero-order valence-electron chi connectivity index (χ0n) is 15.6. The lowest BCUT2D eigenvalue weighted by atomic mass is 10.3. The van der Waals surface area contributed by atoms with Gasteiger partial charge in [0, 0.05) is 0 Å². The minimum absolute atomic E-state index is 0.124. The highest BCUT2D eigenvalue weighted by Crippen LogP contribution is 2.68. The van der Waals surface area contributed by atoms with Gasteiger partial charge in [-0.2, -0.15) is 0 Å². The van der Waals surface area contributed by atoms with Crippen molar-refractivity contribution < 1.29 is 14.7 Å². The zero-order valence-corrected chi connectivity index (χ0v) is 17.4. The average Bonchev–Trinajstić information content (AvgIpc) is 2.67. The molecular weight excluding hydrogens is 375 g/mol. The Morgan fingerprint density at radius 2 is 0.926 bits per heavy atom. The van der Waals surface area contributed by atoms with Gasteiger partial charge in [0.25, 0.3) is 6.72 Å². The Morgan fingerprint density at radius 1 is 0.630 bits per heavy atom. The lowest BCUT2D eigenvalue weighted by Crippen LogP contribution is -2.40. The fourth-order valence-electron chi connectivity index (χ4n) is 4.01. The molecule has 5 heteroatoms. The van der Waals surface area contributed by atoms with Crippen molar-refractivity contribution in [2.24, 2.45) is 5.92 Å². The van der Waals surface area contributed by atoms with Crippen LogP contribution in [-0.4, -0.2) is 20.4 Å². The fraction of sp³-hybridized carbons (Fsp3) is 0.182. The predicted molar refractivity (Wildman–Crippen MR) is 115 cm³/mol. The van der Waals surface area contributed by atoms with E-state index < -0.39 is 15.1 Å². The van der Waals surface area contributed by atoms with Crippen LogP contribution in [0.2, 0.25) is 0 Å². The Labute approximate surface area is 161 Å². The molecule has 0 aromatic heterocycles. The summed E-state index contributed by atoms with van der Waals surface area (Å²) in [6.45, 7) is -0.287. The summed E-state index contributed by atoms with van der Waals surface area (Å²) in [5.41, 5.74) is 0. The van der Waals surface area contributed by atoms with Crippen molar-refractivity contribution in [2.75, 3.05) is 5.75 Å². The molecule has 0 aliphatic rings. The molecular formula is C22H27O3PS. The average molecular weight is 402 g/mol. The second-order valence-electron chi connectivity index (χ2n) is 7.16. The quantitative estimate of drug-likeness (QED) is 0.517. The van der Waals surface area contributed by atoms with E-state index in [0.717, 1.165) is 14.7 Å². The van der Waals surface area contributed by atoms with Crippen molar-refractivity contribution in [2.45, 2.75) is 28.5 Å². The van der Waals surface area contributed by atoms with Crippen LogP contribution in [0, 0.1) is 5.92 Å². The van der Waals surface area contributed by atoms with E-state index in [1.165, 1.54) is 0 Å². The van der Waals surface area contributed by atoms with Gasteiger partial charge in [-0.25, -0.2) is 0 Å². The molecule has 0 heterocycles. The molecule has 3 aromatic carbocycles. The summed E-state index contributed by atoms with van der Waals surface area (Å²) in [5, 5.41) is 0. The summed E-state index contributed by atoms with van der Waals surface area (Å²) < 4.78 is 0. The minimum atomic E-state index is -4.40. The molecule has 27 heavy (non-hydrogen) atoms. The van der Waals surface area contributed by atoms with E-state index in [4.69, 9.17) is 0 Å². The van der Waals surface area contributed by atoms with Gasteiger partial charge in [0.05, 0.1) is 0 Å². The topological polar surface area (TPSA) is 60.7 Å². The highest BCUT2D eigenvalue weighted by Gasteiger charge is 2.48. The molecule has 0 saturated carbocycles. The molecule has 0 aliphatic carbocycles. The van der Waals surface area contributed by atoms with E-state index in [9.17, 15) is 14.7 Å². The second kappa shape index (κ2) is 7.38. The predicted octanol–water partition coefficient (Wildman–Crippen LogP) is 5.16. The lowest BCUT2D eigenvalue weighted by Gasteiger charge is -2.54. The maximum absolute atomic E-state index is 11.3. The van der Waals surface area contributed by atoms with Crippen LogP contribution in [0.15, 0.2) is 106 Å². The molecule has 0 radical (unpaired) electrons. The lowest BCUT2D eigenvalue weighted by molar-refractivity contribution is 0.361. The van der Waals surface area contributed by atoms with Gasteiger partial charge >= 0.3 is 0 Å². The molecule has 0 bridgehead atoms. The van der Waals surface area contributed by atoms with Gasteiger partial charge in [0.1, 0.15) is 0 Å². The van der Waals surface area contributed by atoms with Crippen LogP contribution in [0.4, 0.5) is 0 Å². The summed E-state index contributed by atoms with van der Waals surface area (Å²) >= 11 is 0. The van der Waals surface area contributed by atoms with Crippen LogP contribution >= 0.6 is 6.72 Å². The van der Waals surface area contributed by atoms with Crippen LogP contribution in [0.5, 0.6) is 0 Å². The van der Waals surface area contributed by atoms with Crippen LogP contribution in [0.1, 0.15) is 13.8 Å². The van der Waals surface area contributed by atoms with E-state index >= 15 is 0 Å². The van der Waals surface area contributed by atoms with Crippen molar-refractivity contribution >= 4 is 15.1 Å². The number of benzene rings is 3. The van der Waals surface area contributed by atoms with Crippen molar-refractivity contribution in [1.82, 2.24) is 0 Å². The summed E-state index contributed by atoms with van der Waals surface area (Å²) in [7, 11) is -3.63. The van der Waals surface area contributed by atoms with Gasteiger partial charge < -0.3 is 14.7 Å². The molecule has 0 saturated heterocycles. The summed E-state index contributed by atoms with van der Waals surface area (Å²) in [6, 6.07) is 28.6. The largest absolute Gasteiger partial charge is 0.329 e. The normalized spacial score (nSPS) is 13.9. The van der Waals surface area contributed by atoms with E-state index in [1.807, 2.05) is 91.0 Å². The fourth-order valence-corrected chi connectivity index (χ4v) is 15.1. The van der Waals surface area contributed by atoms with Gasteiger partial charge in [-0.05, 0) is 62.8 Å². The third kappa shape index (κ3) is 2.93. The maximum Gasteiger partial charge on any atom is 0.273 e. The molecule has 0 fully saturated rings. The van der Waals surface area contributed by atoms with Crippen LogP contribution < -0.4 is 0 Å². The van der Waals surface area contributed by atoms with E-state index in [2.05, 4.69) is 13.8 Å². The van der Waals surface area contributed by atoms with Gasteiger partial charge in [-0.15, -0.1) is 8.34 Å². The Kier molecular flexibility index (Phi) is 5.49. The molecule has 144 valence electrons. The first-order chi connectivity index (χ1) is 12.8. The molecule has 0 amide bonds. The molecule has 0 unspecified atom stereocenters. The Hall–Kier alpha value is -1.68. The first-order valence-corrected chi connectivity index (χ1v) is 13.4. The molecule has 0 spiro atoms. The molecule has 3 rings (SSSR count). The Balaban J connectivity index is 2.73. The molecule has 3 nitrogen and oxygen atoms in total. The minimum Gasteiger partial charge on any atom is -0.329 e. The summed E-state index contributed by atoms with van der Waals surface area (Å²) in [5.74, 6) is 0.574. The van der Waals surface area contributed by atoms with E-state index in [-0.39, 0.29) is 5.92 Å². The third-order valence-electron chi connectivity index (χ3n) is 4.95. The van der Waals surface area contributed by atoms with Crippen molar-refractivity contribution in [3.8, 4) is 0 Å². The van der Waals surface area contributed by atoms with Gasteiger partial charge in [0.15, 0.2) is 0 Å². The smallest absolute Gasteiger partial charge is 0.273 e. The maximum atomic E-state index is 11.3. The van der Waals surface area contributed by atoms with Crippen LogP contribution in [0.3, 0.4) is 0 Å². The van der Waals surface area contributed by atoms with Crippen LogP contribution in [-0.2, 0) is 8.34 Å². The highest BCUT2D eigenvalue weighted by molar-refractivity contribution is 8.51. The van der Waals surface area contributed by atoms with Gasteiger partial charge in [-0.3, -0.25) is 0 Å². The zero-order chi connectivity index (χ0) is 19.6. The first kappa shape index (κ1) is 20.1. The molecule has 3 N–H and O–H groups in total. The van der Waals surface area contributed by atoms with E-state index in [1.54, 1.807) is 0 Å². The first-order valence-electron chi connectivity index (χ1n) is 8.98. The summed E-state index contributed by atoms with van der Waals surface area (Å²) in [4.78, 5) is 36.1. The van der Waals surface area contributed by atoms with Crippen molar-refractivity contribution in [1.29, 1.82) is 0 Å². The SMILES string of the molecule is CC(C)CS(c1ccccc1)(c1ccccc1)(c1ccccc1)=P(O)(O)O. The number of hydrogen-bond donors (Lipinski definition) is 3. The van der Waals surface area contributed by atoms with E-state index in [0.29, 0.717) is 5.75 Å². The summed E-state index contributed by atoms with van der Waals surface area (Å²) in [6.07, 6.45) is 0. The van der Waals surface area contributed by atoms with Gasteiger partial charge in [-0.1, -0.05) is 68.4 Å². The Bertz CT molecular complexity index is 879. The van der Waals surface area contributed by atoms with Gasteiger partial charge in [0.2, 0.25) is 0 Å². The Morgan fingerprint density at radius 3 is 1.15 bits per heavy atom. The number of rotatable bonds is 5. The van der Waals surface area contributed by atoms with Crippen molar-refractivity contribution in [3.63, 3.8) is 0 Å². The molecule has 3 aromatic rings. The monoisotopic (exact) mass is 402 g/mol. The highest BCUT2D eigenvalue weighted by atomic mass is 32.6. The third-order valence-corrected chi connectivity index (χ3v) is 16.8. The number of hydrogen-bond acceptors (Lipinski definition) is 0. The second-order valence-corrected chi connectivity index (χ2v) is 16.1. The van der Waals surface area contributed by atoms with Crippen LogP contribution in [0.25, 0.3) is 0 Å². The van der Waals surface area contributed by atoms with Crippen molar-refractivity contribution in [3.05, 3.63) is 91.0 Å².